The molecule has 1 amide bonds. The number of fused-ring (bicyclic) bond motifs is 1. The van der Waals surface area contributed by atoms with Crippen molar-refractivity contribution in [1.29, 1.82) is 0 Å². The zero-order valence-corrected chi connectivity index (χ0v) is 20.2. The summed E-state index contributed by atoms with van der Waals surface area (Å²) in [4.78, 5) is 19.7. The van der Waals surface area contributed by atoms with Crippen molar-refractivity contribution in [2.24, 2.45) is 5.92 Å². The van der Waals surface area contributed by atoms with Crippen molar-refractivity contribution in [3.05, 3.63) is 24.0 Å². The molecule has 7 nitrogen and oxygen atoms in total. The van der Waals surface area contributed by atoms with E-state index in [-0.39, 0.29) is 5.91 Å². The maximum atomic E-state index is 13.0. The Kier molecular flexibility index (Phi) is 7.20. The molecular weight excluding hydrogens is 424 g/mol. The largest absolute Gasteiger partial charge is 0.345 e. The second-order valence-corrected chi connectivity index (χ2v) is 11.3. The van der Waals surface area contributed by atoms with Gasteiger partial charge in [-0.1, -0.05) is 19.8 Å². The Morgan fingerprint density at radius 1 is 1.16 bits per heavy atom. The SMILES string of the molecule is CCCn1c(CCC(=O)N(C)CC2CCCC2)nc2cc(S(=O)(=O)N3CCCC3)ccc21. The van der Waals surface area contributed by atoms with Crippen molar-refractivity contribution in [3.8, 4) is 0 Å². The third-order valence-corrected chi connectivity index (χ3v) is 8.84. The minimum absolute atomic E-state index is 0.157. The zero-order valence-electron chi connectivity index (χ0n) is 19.4. The van der Waals surface area contributed by atoms with Crippen LogP contribution in [0.15, 0.2) is 23.1 Å². The number of amides is 1. The lowest BCUT2D eigenvalue weighted by Gasteiger charge is -2.21. The molecule has 1 aromatic heterocycles. The number of imidazole rings is 1. The molecular formula is C24H36N4O3S. The number of nitrogens with zero attached hydrogens (tertiary/aromatic N) is 4. The maximum absolute atomic E-state index is 13.0. The normalized spacial score (nSPS) is 18.1. The summed E-state index contributed by atoms with van der Waals surface area (Å²) in [5.41, 5.74) is 1.63. The highest BCUT2D eigenvalue weighted by atomic mass is 32.2. The summed E-state index contributed by atoms with van der Waals surface area (Å²) in [7, 11) is -1.56. The Morgan fingerprint density at radius 3 is 2.56 bits per heavy atom. The van der Waals surface area contributed by atoms with Crippen LogP contribution in [0.4, 0.5) is 0 Å². The highest BCUT2D eigenvalue weighted by Gasteiger charge is 2.28. The number of hydrogen-bond donors (Lipinski definition) is 0. The van der Waals surface area contributed by atoms with Crippen LogP contribution in [0.2, 0.25) is 0 Å². The van der Waals surface area contributed by atoms with Crippen molar-refractivity contribution >= 4 is 27.0 Å². The van der Waals surface area contributed by atoms with Gasteiger partial charge in [0.05, 0.1) is 15.9 Å². The van der Waals surface area contributed by atoms with Gasteiger partial charge in [-0.05, 0) is 56.2 Å². The van der Waals surface area contributed by atoms with Crippen LogP contribution in [0.5, 0.6) is 0 Å². The van der Waals surface area contributed by atoms with Crippen molar-refractivity contribution in [3.63, 3.8) is 0 Å². The summed E-state index contributed by atoms with van der Waals surface area (Å²) in [5, 5.41) is 0. The molecule has 1 aliphatic carbocycles. The van der Waals surface area contributed by atoms with E-state index in [4.69, 9.17) is 4.98 Å². The molecule has 0 spiro atoms. The van der Waals surface area contributed by atoms with Crippen LogP contribution >= 0.6 is 0 Å². The van der Waals surface area contributed by atoms with Gasteiger partial charge in [0.1, 0.15) is 5.82 Å². The van der Waals surface area contributed by atoms with E-state index in [0.29, 0.717) is 42.3 Å². The lowest BCUT2D eigenvalue weighted by atomic mass is 10.1. The predicted molar refractivity (Wildman–Crippen MR) is 126 cm³/mol. The highest BCUT2D eigenvalue weighted by Crippen LogP contribution is 2.27. The molecule has 1 aromatic carbocycles. The molecule has 8 heteroatoms. The first-order valence-corrected chi connectivity index (χ1v) is 13.6. The second kappa shape index (κ2) is 9.91. The van der Waals surface area contributed by atoms with Crippen molar-refractivity contribution in [2.45, 2.75) is 76.2 Å². The van der Waals surface area contributed by atoms with Gasteiger partial charge >= 0.3 is 0 Å². The summed E-state index contributed by atoms with van der Waals surface area (Å²) >= 11 is 0. The molecule has 2 aliphatic rings. The van der Waals surface area contributed by atoms with Crippen LogP contribution in [0.3, 0.4) is 0 Å². The first kappa shape index (κ1) is 23.2. The van der Waals surface area contributed by atoms with Crippen LogP contribution in [-0.2, 0) is 27.8 Å². The van der Waals surface area contributed by atoms with Gasteiger partial charge in [-0.25, -0.2) is 13.4 Å². The fourth-order valence-corrected chi connectivity index (χ4v) is 6.69. The first-order valence-electron chi connectivity index (χ1n) is 12.1. The molecule has 176 valence electrons. The molecule has 0 radical (unpaired) electrons. The topological polar surface area (TPSA) is 75.5 Å². The Morgan fingerprint density at radius 2 is 1.88 bits per heavy atom. The van der Waals surface area contributed by atoms with Gasteiger partial charge in [-0.2, -0.15) is 4.31 Å². The van der Waals surface area contributed by atoms with Gasteiger partial charge in [0.25, 0.3) is 0 Å². The van der Waals surface area contributed by atoms with Gasteiger partial charge in [-0.3, -0.25) is 4.79 Å². The van der Waals surface area contributed by atoms with E-state index >= 15 is 0 Å². The summed E-state index contributed by atoms with van der Waals surface area (Å²) in [5.74, 6) is 1.66. The molecule has 0 unspecified atom stereocenters. The van der Waals surface area contributed by atoms with E-state index in [9.17, 15) is 13.2 Å². The number of benzene rings is 1. The molecule has 2 aromatic rings. The highest BCUT2D eigenvalue weighted by molar-refractivity contribution is 7.89. The van der Waals surface area contributed by atoms with Crippen LogP contribution < -0.4 is 0 Å². The molecule has 4 rings (SSSR count). The second-order valence-electron chi connectivity index (χ2n) is 9.37. The minimum atomic E-state index is -3.47. The number of carbonyl (C=O) groups excluding carboxylic acids is 1. The van der Waals surface area contributed by atoms with E-state index in [2.05, 4.69) is 11.5 Å². The summed E-state index contributed by atoms with van der Waals surface area (Å²) in [6.45, 7) is 4.94. The third kappa shape index (κ3) is 4.86. The van der Waals surface area contributed by atoms with Crippen molar-refractivity contribution < 1.29 is 13.2 Å². The average Bonchev–Trinajstić information content (AvgIpc) is 3.54. The minimum Gasteiger partial charge on any atom is -0.345 e. The summed E-state index contributed by atoms with van der Waals surface area (Å²) in [6.07, 6.45) is 8.79. The molecule has 0 N–H and O–H groups in total. The van der Waals surface area contributed by atoms with E-state index < -0.39 is 10.0 Å². The molecule has 1 saturated heterocycles. The van der Waals surface area contributed by atoms with E-state index in [1.165, 1.54) is 25.7 Å². The molecule has 1 saturated carbocycles. The van der Waals surface area contributed by atoms with Gasteiger partial charge in [0, 0.05) is 46.1 Å². The quantitative estimate of drug-likeness (QED) is 0.570. The van der Waals surface area contributed by atoms with Gasteiger partial charge in [-0.15, -0.1) is 0 Å². The number of aryl methyl sites for hydroxylation is 2. The molecule has 0 bridgehead atoms. The number of carbonyl (C=O) groups is 1. The maximum Gasteiger partial charge on any atom is 0.243 e. The Balaban J connectivity index is 1.51. The Bertz CT molecular complexity index is 1050. The Labute approximate surface area is 191 Å². The lowest BCUT2D eigenvalue weighted by molar-refractivity contribution is -0.130. The van der Waals surface area contributed by atoms with Crippen LogP contribution in [-0.4, -0.2) is 59.8 Å². The van der Waals surface area contributed by atoms with Crippen LogP contribution in [0.1, 0.15) is 64.1 Å². The molecule has 2 heterocycles. The average molecular weight is 461 g/mol. The molecule has 2 fully saturated rings. The zero-order chi connectivity index (χ0) is 22.7. The number of aromatic nitrogens is 2. The fourth-order valence-electron chi connectivity index (χ4n) is 5.15. The number of rotatable bonds is 9. The predicted octanol–water partition coefficient (Wildman–Crippen LogP) is 3.81. The van der Waals surface area contributed by atoms with Gasteiger partial charge < -0.3 is 9.47 Å². The number of hydrogen-bond acceptors (Lipinski definition) is 4. The van der Waals surface area contributed by atoms with Crippen molar-refractivity contribution in [2.75, 3.05) is 26.7 Å². The lowest BCUT2D eigenvalue weighted by Crippen LogP contribution is -2.31. The monoisotopic (exact) mass is 460 g/mol. The molecule has 32 heavy (non-hydrogen) atoms. The number of sulfonamides is 1. The Hall–Kier alpha value is -1.93. The fraction of sp³-hybridized carbons (Fsp3) is 0.667. The van der Waals surface area contributed by atoms with Gasteiger partial charge in [0.15, 0.2) is 0 Å². The summed E-state index contributed by atoms with van der Waals surface area (Å²) in [6, 6.07) is 5.28. The van der Waals surface area contributed by atoms with Crippen molar-refractivity contribution in [1.82, 2.24) is 18.8 Å². The van der Waals surface area contributed by atoms with Gasteiger partial charge in [0.2, 0.25) is 15.9 Å². The third-order valence-electron chi connectivity index (χ3n) is 6.94. The van der Waals surface area contributed by atoms with Crippen LogP contribution in [0, 0.1) is 5.92 Å². The molecule has 1 aliphatic heterocycles. The smallest absolute Gasteiger partial charge is 0.243 e. The standard InChI is InChI=1S/C24H36N4O3S/c1-3-14-28-22-11-10-20(32(30,31)27-15-6-7-16-27)17-21(22)25-23(28)12-13-24(29)26(2)18-19-8-4-5-9-19/h10-11,17,19H,3-9,12-16,18H2,1-2H3. The first-order chi connectivity index (χ1) is 15.4. The van der Waals surface area contributed by atoms with E-state index in [1.807, 2.05) is 18.0 Å². The van der Waals surface area contributed by atoms with Crippen LogP contribution in [0.25, 0.3) is 11.0 Å². The summed E-state index contributed by atoms with van der Waals surface area (Å²) < 4.78 is 29.6. The van der Waals surface area contributed by atoms with E-state index in [1.54, 1.807) is 16.4 Å². The molecule has 0 atom stereocenters. The van der Waals surface area contributed by atoms with E-state index in [0.717, 1.165) is 43.7 Å².